The summed E-state index contributed by atoms with van der Waals surface area (Å²) in [4.78, 5) is 2.36. The lowest BCUT2D eigenvalue weighted by Gasteiger charge is -2.25. The van der Waals surface area contributed by atoms with Crippen molar-refractivity contribution >= 4 is 0 Å². The molecule has 0 aromatic heterocycles. The minimum Gasteiger partial charge on any atom is -0.374 e. The van der Waals surface area contributed by atoms with Crippen molar-refractivity contribution in [2.24, 2.45) is 0 Å². The first-order valence-corrected chi connectivity index (χ1v) is 6.46. The van der Waals surface area contributed by atoms with Crippen molar-refractivity contribution in [1.82, 2.24) is 10.2 Å². The highest BCUT2D eigenvalue weighted by molar-refractivity contribution is 4.75. The van der Waals surface area contributed by atoms with Gasteiger partial charge in [-0.1, -0.05) is 0 Å². The van der Waals surface area contributed by atoms with E-state index in [1.807, 2.05) is 0 Å². The van der Waals surface area contributed by atoms with Gasteiger partial charge in [-0.15, -0.1) is 0 Å². The molecule has 16 heavy (non-hydrogen) atoms. The maximum Gasteiger partial charge on any atom is 0.0706 e. The molecule has 0 spiro atoms. The predicted octanol–water partition coefficient (Wildman–Crippen LogP) is 1.87. The number of likely N-dealkylation sites (N-methyl/N-ethyl adjacent to an activating group) is 1. The summed E-state index contributed by atoms with van der Waals surface area (Å²) in [5.41, 5.74) is 0.221. The van der Waals surface area contributed by atoms with E-state index in [0.29, 0.717) is 12.2 Å². The third-order valence-electron chi connectivity index (χ3n) is 2.98. The summed E-state index contributed by atoms with van der Waals surface area (Å²) in [6.45, 7) is 12.0. The van der Waals surface area contributed by atoms with E-state index < -0.39 is 0 Å². The fourth-order valence-corrected chi connectivity index (χ4v) is 2.08. The third kappa shape index (κ3) is 5.83. The van der Waals surface area contributed by atoms with Gasteiger partial charge in [0, 0.05) is 25.2 Å². The van der Waals surface area contributed by atoms with E-state index >= 15 is 0 Å². The molecule has 1 N–H and O–H groups in total. The number of nitrogens with one attached hydrogen (secondary N) is 1. The molecule has 0 amide bonds. The minimum absolute atomic E-state index is 0.221. The first kappa shape index (κ1) is 13.9. The molecule has 0 aliphatic carbocycles. The van der Waals surface area contributed by atoms with Crippen molar-refractivity contribution in [2.75, 3.05) is 26.7 Å². The number of ether oxygens (including phenoxy) is 1. The Bertz CT molecular complexity index is 201. The van der Waals surface area contributed by atoms with Gasteiger partial charge >= 0.3 is 0 Å². The molecule has 96 valence electrons. The van der Waals surface area contributed by atoms with Crippen LogP contribution in [0.3, 0.4) is 0 Å². The lowest BCUT2D eigenvalue weighted by atomic mass is 10.1. The van der Waals surface area contributed by atoms with E-state index in [2.05, 4.69) is 45.0 Å². The monoisotopic (exact) mass is 228 g/mol. The van der Waals surface area contributed by atoms with Crippen LogP contribution in [-0.2, 0) is 4.74 Å². The van der Waals surface area contributed by atoms with Gasteiger partial charge < -0.3 is 15.0 Å². The average molecular weight is 228 g/mol. The number of hydrogen-bond donors (Lipinski definition) is 1. The smallest absolute Gasteiger partial charge is 0.0706 e. The Morgan fingerprint density at radius 1 is 1.31 bits per heavy atom. The highest BCUT2D eigenvalue weighted by Crippen LogP contribution is 2.19. The zero-order valence-corrected chi connectivity index (χ0v) is 11.5. The van der Waals surface area contributed by atoms with Crippen molar-refractivity contribution in [2.45, 2.75) is 58.3 Å². The Kier molecular flexibility index (Phi) is 5.22. The molecule has 1 aliphatic rings. The summed E-state index contributed by atoms with van der Waals surface area (Å²) < 4.78 is 5.82. The van der Waals surface area contributed by atoms with Crippen LogP contribution in [0.2, 0.25) is 0 Å². The van der Waals surface area contributed by atoms with E-state index in [9.17, 15) is 0 Å². The fraction of sp³-hybridized carbons (Fsp3) is 1.00. The molecular weight excluding hydrogens is 200 g/mol. The van der Waals surface area contributed by atoms with Crippen molar-refractivity contribution in [3.63, 3.8) is 0 Å². The molecule has 3 heteroatoms. The molecule has 2 atom stereocenters. The molecule has 3 nitrogen and oxygen atoms in total. The van der Waals surface area contributed by atoms with Crippen LogP contribution in [0.15, 0.2) is 0 Å². The molecule has 2 unspecified atom stereocenters. The lowest BCUT2D eigenvalue weighted by Crippen LogP contribution is -2.41. The van der Waals surface area contributed by atoms with E-state index in [0.717, 1.165) is 19.6 Å². The highest BCUT2D eigenvalue weighted by atomic mass is 16.5. The van der Waals surface area contributed by atoms with Crippen LogP contribution in [-0.4, -0.2) is 49.3 Å². The molecule has 1 fully saturated rings. The van der Waals surface area contributed by atoms with Crippen molar-refractivity contribution in [3.05, 3.63) is 0 Å². The number of nitrogens with zero attached hydrogens (tertiary/aromatic N) is 1. The fourth-order valence-electron chi connectivity index (χ4n) is 2.08. The van der Waals surface area contributed by atoms with E-state index in [1.54, 1.807) is 0 Å². The van der Waals surface area contributed by atoms with Crippen molar-refractivity contribution in [3.8, 4) is 0 Å². The van der Waals surface area contributed by atoms with Gasteiger partial charge in [0.05, 0.1) is 12.2 Å². The molecule has 0 bridgehead atoms. The predicted molar refractivity (Wildman–Crippen MR) is 68.8 cm³/mol. The molecule has 0 aromatic rings. The maximum absolute atomic E-state index is 5.82. The zero-order chi connectivity index (χ0) is 12.2. The average Bonchev–Trinajstić information content (AvgIpc) is 2.48. The molecule has 1 saturated heterocycles. The minimum atomic E-state index is 0.221. The summed E-state index contributed by atoms with van der Waals surface area (Å²) in [7, 11) is 2.18. The van der Waals surface area contributed by atoms with Gasteiger partial charge in [-0.25, -0.2) is 0 Å². The quantitative estimate of drug-likeness (QED) is 0.777. The first-order valence-electron chi connectivity index (χ1n) is 6.46. The second-order valence-corrected chi connectivity index (χ2v) is 6.09. The summed E-state index contributed by atoms with van der Waals surface area (Å²) >= 11 is 0. The summed E-state index contributed by atoms with van der Waals surface area (Å²) in [6.07, 6.45) is 3.36. The summed E-state index contributed by atoms with van der Waals surface area (Å²) in [6, 6.07) is 0. The SMILES string of the molecule is CC1CCC(CN(C)CCNC(C)(C)C)O1. The Morgan fingerprint density at radius 3 is 2.50 bits per heavy atom. The van der Waals surface area contributed by atoms with Gasteiger partial charge in [0.2, 0.25) is 0 Å². The van der Waals surface area contributed by atoms with Gasteiger partial charge in [0.15, 0.2) is 0 Å². The lowest BCUT2D eigenvalue weighted by molar-refractivity contribution is 0.0365. The van der Waals surface area contributed by atoms with Crippen LogP contribution in [0, 0.1) is 0 Å². The number of rotatable bonds is 5. The van der Waals surface area contributed by atoms with Crippen LogP contribution in [0.1, 0.15) is 40.5 Å². The topological polar surface area (TPSA) is 24.5 Å². The van der Waals surface area contributed by atoms with Crippen LogP contribution in [0.5, 0.6) is 0 Å². The molecule has 0 aromatic carbocycles. The van der Waals surface area contributed by atoms with E-state index in [1.165, 1.54) is 12.8 Å². The zero-order valence-electron chi connectivity index (χ0n) is 11.5. The Hall–Kier alpha value is -0.120. The van der Waals surface area contributed by atoms with Crippen LogP contribution < -0.4 is 5.32 Å². The van der Waals surface area contributed by atoms with Crippen molar-refractivity contribution in [1.29, 1.82) is 0 Å². The Labute approximate surface area is 101 Å². The van der Waals surface area contributed by atoms with Crippen LogP contribution in [0.25, 0.3) is 0 Å². The standard InChI is InChI=1S/C13H28N2O/c1-11-6-7-12(16-11)10-15(5)9-8-14-13(2,3)4/h11-12,14H,6-10H2,1-5H3. The Morgan fingerprint density at radius 2 is 2.00 bits per heavy atom. The van der Waals surface area contributed by atoms with Gasteiger partial charge in [-0.2, -0.15) is 0 Å². The third-order valence-corrected chi connectivity index (χ3v) is 2.98. The Balaban J connectivity index is 2.09. The van der Waals surface area contributed by atoms with Gasteiger partial charge in [-0.3, -0.25) is 0 Å². The van der Waals surface area contributed by atoms with Crippen LogP contribution in [0.4, 0.5) is 0 Å². The molecule has 1 heterocycles. The maximum atomic E-state index is 5.82. The second kappa shape index (κ2) is 5.99. The molecular formula is C13H28N2O. The molecule has 0 saturated carbocycles. The highest BCUT2D eigenvalue weighted by Gasteiger charge is 2.22. The van der Waals surface area contributed by atoms with Gasteiger partial charge in [0.1, 0.15) is 0 Å². The molecule has 0 radical (unpaired) electrons. The molecule has 1 aliphatic heterocycles. The largest absolute Gasteiger partial charge is 0.374 e. The second-order valence-electron chi connectivity index (χ2n) is 6.09. The molecule has 1 rings (SSSR count). The van der Waals surface area contributed by atoms with E-state index in [-0.39, 0.29) is 5.54 Å². The van der Waals surface area contributed by atoms with Gasteiger partial charge in [0.25, 0.3) is 0 Å². The van der Waals surface area contributed by atoms with E-state index in [4.69, 9.17) is 4.74 Å². The summed E-state index contributed by atoms with van der Waals surface area (Å²) in [5.74, 6) is 0. The summed E-state index contributed by atoms with van der Waals surface area (Å²) in [5, 5.41) is 3.50. The van der Waals surface area contributed by atoms with Gasteiger partial charge in [-0.05, 0) is 47.6 Å². The number of hydrogen-bond acceptors (Lipinski definition) is 3. The van der Waals surface area contributed by atoms with Crippen molar-refractivity contribution < 1.29 is 4.74 Å². The first-order chi connectivity index (χ1) is 7.37. The normalized spacial score (nSPS) is 26.6. The van der Waals surface area contributed by atoms with Crippen LogP contribution >= 0.6 is 0 Å².